The molecule has 100 valence electrons. The van der Waals surface area contributed by atoms with Gasteiger partial charge in [-0.15, -0.1) is 0 Å². The van der Waals surface area contributed by atoms with Gasteiger partial charge in [0.15, 0.2) is 0 Å². The maximum atomic E-state index is 11.0. The van der Waals surface area contributed by atoms with Crippen LogP contribution in [0.5, 0.6) is 0 Å². The molecule has 1 unspecified atom stereocenters. The van der Waals surface area contributed by atoms with Crippen molar-refractivity contribution in [3.05, 3.63) is 27.9 Å². The molecular weight excluding hydrogens is 252 g/mol. The van der Waals surface area contributed by atoms with Gasteiger partial charge in [0.2, 0.25) is 5.82 Å². The second-order valence-electron chi connectivity index (χ2n) is 3.78. The van der Waals surface area contributed by atoms with E-state index in [0.29, 0.717) is 12.8 Å². The van der Waals surface area contributed by atoms with Crippen LogP contribution in [0.2, 0.25) is 0 Å². The van der Waals surface area contributed by atoms with Crippen LogP contribution in [-0.2, 0) is 4.79 Å². The van der Waals surface area contributed by atoms with Gasteiger partial charge in [-0.05, 0) is 6.42 Å². The van der Waals surface area contributed by atoms with E-state index in [1.807, 2.05) is 0 Å². The number of nitrogens with zero attached hydrogens (tertiary/aromatic N) is 3. The largest absolute Gasteiger partial charge is 0.480 e. The summed E-state index contributed by atoms with van der Waals surface area (Å²) in [6, 6.07) is 1.84. The van der Waals surface area contributed by atoms with E-state index in [-0.39, 0.29) is 11.4 Å². The van der Waals surface area contributed by atoms with E-state index in [0.717, 1.165) is 12.3 Å². The Hall–Kier alpha value is -2.69. The Morgan fingerprint density at radius 1 is 1.74 bits per heavy atom. The molecule has 1 rings (SSSR count). The van der Waals surface area contributed by atoms with E-state index in [1.54, 1.807) is 13.0 Å². The zero-order valence-corrected chi connectivity index (χ0v) is 10.2. The van der Waals surface area contributed by atoms with Crippen LogP contribution in [0.15, 0.2) is 12.3 Å². The molecule has 8 nitrogen and oxygen atoms in total. The average Bonchev–Trinajstić information content (AvgIpc) is 2.38. The highest BCUT2D eigenvalue weighted by Gasteiger charge is 2.23. The molecule has 1 heterocycles. The molecule has 2 N–H and O–H groups in total. The highest BCUT2D eigenvalue weighted by molar-refractivity contribution is 5.78. The van der Waals surface area contributed by atoms with Crippen LogP contribution in [0.3, 0.4) is 0 Å². The van der Waals surface area contributed by atoms with Crippen LogP contribution in [0, 0.1) is 21.4 Å². The fraction of sp³-hybridized carbons (Fsp3) is 0.364. The summed E-state index contributed by atoms with van der Waals surface area (Å²) in [4.78, 5) is 24.9. The SMILES string of the molecule is CCCC(Nc1ncc(C#N)cc1[N+](=O)[O-])C(=O)O. The number of carboxylic acids is 1. The monoisotopic (exact) mass is 264 g/mol. The minimum Gasteiger partial charge on any atom is -0.480 e. The van der Waals surface area contributed by atoms with Crippen LogP contribution < -0.4 is 5.32 Å². The van der Waals surface area contributed by atoms with E-state index in [4.69, 9.17) is 10.4 Å². The molecule has 1 atom stereocenters. The molecule has 0 aliphatic carbocycles. The number of anilines is 1. The second-order valence-corrected chi connectivity index (χ2v) is 3.78. The number of nitriles is 1. The van der Waals surface area contributed by atoms with Gasteiger partial charge < -0.3 is 10.4 Å². The lowest BCUT2D eigenvalue weighted by Crippen LogP contribution is -2.29. The zero-order chi connectivity index (χ0) is 14.4. The fourth-order valence-electron chi connectivity index (χ4n) is 1.48. The number of hydrogen-bond donors (Lipinski definition) is 2. The molecule has 0 radical (unpaired) electrons. The molecular formula is C11H12N4O4. The summed E-state index contributed by atoms with van der Waals surface area (Å²) in [5.74, 6) is -1.26. The first kappa shape index (κ1) is 14.4. The quantitative estimate of drug-likeness (QED) is 0.588. The second kappa shape index (κ2) is 6.30. The number of hydrogen-bond acceptors (Lipinski definition) is 6. The molecule has 1 aromatic heterocycles. The molecule has 1 aromatic rings. The first-order valence-electron chi connectivity index (χ1n) is 5.53. The van der Waals surface area contributed by atoms with Gasteiger partial charge in [0.05, 0.1) is 10.5 Å². The molecule has 0 aliphatic rings. The standard InChI is InChI=1S/C11H12N4O4/c1-2-3-8(11(16)17)14-10-9(15(18)19)4-7(5-12)6-13-10/h4,6,8H,2-3H2,1H3,(H,13,14)(H,16,17). The number of aromatic nitrogens is 1. The minimum absolute atomic E-state index is 0.0413. The van der Waals surface area contributed by atoms with Gasteiger partial charge in [-0.3, -0.25) is 10.1 Å². The van der Waals surface area contributed by atoms with E-state index in [2.05, 4.69) is 10.3 Å². The van der Waals surface area contributed by atoms with Crippen LogP contribution in [-0.4, -0.2) is 27.0 Å². The van der Waals surface area contributed by atoms with Gasteiger partial charge in [0.1, 0.15) is 12.1 Å². The molecule has 0 fully saturated rings. The topological polar surface area (TPSA) is 129 Å². The highest BCUT2D eigenvalue weighted by Crippen LogP contribution is 2.23. The van der Waals surface area contributed by atoms with E-state index in [9.17, 15) is 14.9 Å². The van der Waals surface area contributed by atoms with Crippen molar-refractivity contribution in [2.75, 3.05) is 5.32 Å². The summed E-state index contributed by atoms with van der Waals surface area (Å²) < 4.78 is 0. The molecule has 0 aromatic carbocycles. The molecule has 19 heavy (non-hydrogen) atoms. The van der Waals surface area contributed by atoms with Crippen LogP contribution >= 0.6 is 0 Å². The Kier molecular flexibility index (Phi) is 4.76. The number of nitrogens with one attached hydrogen (secondary N) is 1. The molecule has 8 heteroatoms. The number of rotatable bonds is 6. The fourth-order valence-corrected chi connectivity index (χ4v) is 1.48. The summed E-state index contributed by atoms with van der Waals surface area (Å²) in [6.07, 6.45) is 2.07. The van der Waals surface area contributed by atoms with Gasteiger partial charge in [-0.25, -0.2) is 9.78 Å². The zero-order valence-electron chi connectivity index (χ0n) is 10.2. The summed E-state index contributed by atoms with van der Waals surface area (Å²) in [5, 5.41) is 31.0. The maximum Gasteiger partial charge on any atom is 0.326 e. The third kappa shape index (κ3) is 3.64. The lowest BCUT2D eigenvalue weighted by molar-refractivity contribution is -0.384. The Labute approximate surface area is 108 Å². The number of carboxylic acid groups (broad SMARTS) is 1. The summed E-state index contributed by atoms with van der Waals surface area (Å²) in [7, 11) is 0. The number of nitro groups is 1. The van der Waals surface area contributed by atoms with Gasteiger partial charge in [-0.1, -0.05) is 13.3 Å². The lowest BCUT2D eigenvalue weighted by Gasteiger charge is -2.13. The van der Waals surface area contributed by atoms with E-state index >= 15 is 0 Å². The predicted octanol–water partition coefficient (Wildman–Crippen LogP) is 1.53. The summed E-state index contributed by atoms with van der Waals surface area (Å²) in [6.45, 7) is 1.80. The van der Waals surface area contributed by atoms with Gasteiger partial charge >= 0.3 is 11.7 Å². The van der Waals surface area contributed by atoms with Crippen molar-refractivity contribution in [3.8, 4) is 6.07 Å². The molecule has 0 saturated carbocycles. The molecule has 0 saturated heterocycles. The molecule has 0 spiro atoms. The minimum atomic E-state index is -1.11. The molecule has 0 bridgehead atoms. The number of carbonyl (C=O) groups is 1. The Balaban J connectivity index is 3.09. The van der Waals surface area contributed by atoms with Crippen molar-refractivity contribution >= 4 is 17.5 Å². The summed E-state index contributed by atoms with van der Waals surface area (Å²) >= 11 is 0. The van der Waals surface area contributed by atoms with Crippen molar-refractivity contribution in [2.45, 2.75) is 25.8 Å². The van der Waals surface area contributed by atoms with E-state index in [1.165, 1.54) is 0 Å². The van der Waals surface area contributed by atoms with Crippen molar-refractivity contribution in [1.82, 2.24) is 4.98 Å². The Morgan fingerprint density at radius 2 is 2.42 bits per heavy atom. The Morgan fingerprint density at radius 3 is 2.89 bits per heavy atom. The third-order valence-corrected chi connectivity index (χ3v) is 2.38. The van der Waals surface area contributed by atoms with Crippen LogP contribution in [0.25, 0.3) is 0 Å². The number of aliphatic carboxylic acids is 1. The van der Waals surface area contributed by atoms with Crippen molar-refractivity contribution in [3.63, 3.8) is 0 Å². The molecule has 0 aliphatic heterocycles. The smallest absolute Gasteiger partial charge is 0.326 e. The van der Waals surface area contributed by atoms with E-state index < -0.39 is 22.6 Å². The average molecular weight is 264 g/mol. The highest BCUT2D eigenvalue weighted by atomic mass is 16.6. The van der Waals surface area contributed by atoms with Gasteiger partial charge in [0, 0.05) is 12.3 Å². The van der Waals surface area contributed by atoms with Gasteiger partial charge in [0.25, 0.3) is 0 Å². The summed E-state index contributed by atoms with van der Waals surface area (Å²) in [5.41, 5.74) is -0.374. The van der Waals surface area contributed by atoms with Crippen molar-refractivity contribution < 1.29 is 14.8 Å². The predicted molar refractivity (Wildman–Crippen MR) is 65.6 cm³/mol. The lowest BCUT2D eigenvalue weighted by atomic mass is 10.1. The first-order chi connectivity index (χ1) is 8.99. The first-order valence-corrected chi connectivity index (χ1v) is 5.53. The normalized spacial score (nSPS) is 11.4. The van der Waals surface area contributed by atoms with Crippen molar-refractivity contribution in [1.29, 1.82) is 5.26 Å². The van der Waals surface area contributed by atoms with Crippen LogP contribution in [0.4, 0.5) is 11.5 Å². The number of pyridine rings is 1. The third-order valence-electron chi connectivity index (χ3n) is 2.38. The Bertz CT molecular complexity index is 538. The van der Waals surface area contributed by atoms with Crippen LogP contribution in [0.1, 0.15) is 25.3 Å². The van der Waals surface area contributed by atoms with Crippen molar-refractivity contribution in [2.24, 2.45) is 0 Å². The maximum absolute atomic E-state index is 11.0. The molecule has 0 amide bonds. The van der Waals surface area contributed by atoms with Gasteiger partial charge in [-0.2, -0.15) is 5.26 Å².